The molecule has 0 aliphatic heterocycles. The maximum atomic E-state index is 4.68. The molecule has 0 unspecified atom stereocenters. The van der Waals surface area contributed by atoms with Gasteiger partial charge in [0.2, 0.25) is 0 Å². The van der Waals surface area contributed by atoms with E-state index in [9.17, 15) is 0 Å². The first-order chi connectivity index (χ1) is 9.29. The van der Waals surface area contributed by atoms with E-state index in [1.165, 1.54) is 34.0 Å². The Morgan fingerprint density at radius 1 is 1.21 bits per heavy atom. The minimum absolute atomic E-state index is 0.946. The minimum Gasteiger partial charge on any atom is -0.312 e. The summed E-state index contributed by atoms with van der Waals surface area (Å²) in [5, 5.41) is 4.71. The molecular weight excluding hydrogens is 252 g/mol. The topological polar surface area (TPSA) is 24.9 Å². The molecule has 0 radical (unpaired) electrons. The highest BCUT2D eigenvalue weighted by Crippen LogP contribution is 2.20. The molecule has 0 atom stereocenters. The van der Waals surface area contributed by atoms with Crippen molar-refractivity contribution in [2.75, 3.05) is 6.54 Å². The second kappa shape index (κ2) is 7.41. The van der Waals surface area contributed by atoms with Crippen molar-refractivity contribution in [3.8, 4) is 0 Å². The number of unbranched alkanes of at least 4 members (excludes halogenated alkanes) is 1. The van der Waals surface area contributed by atoms with Crippen molar-refractivity contribution in [1.29, 1.82) is 0 Å². The van der Waals surface area contributed by atoms with Gasteiger partial charge >= 0.3 is 0 Å². The molecule has 2 rings (SSSR count). The number of rotatable bonds is 7. The second-order valence-electron chi connectivity index (χ2n) is 4.81. The Hall–Kier alpha value is -1.19. The quantitative estimate of drug-likeness (QED) is 0.774. The largest absolute Gasteiger partial charge is 0.312 e. The first-order valence-corrected chi connectivity index (χ1v) is 7.81. The number of hydrogen-bond donors (Lipinski definition) is 1. The van der Waals surface area contributed by atoms with Gasteiger partial charge in [-0.15, -0.1) is 11.3 Å². The van der Waals surface area contributed by atoms with E-state index < -0.39 is 0 Å². The standard InChI is InChI=1S/C16H22N2S/c1-3-4-10-17-12-15-13(2)18-16(19-15)11-14-8-6-5-7-9-14/h5-9,17H,3-4,10-12H2,1-2H3. The molecular formula is C16H22N2S. The zero-order valence-corrected chi connectivity index (χ0v) is 12.6. The van der Waals surface area contributed by atoms with Crippen LogP contribution in [0, 0.1) is 6.92 Å². The van der Waals surface area contributed by atoms with Crippen LogP contribution in [-0.4, -0.2) is 11.5 Å². The van der Waals surface area contributed by atoms with Crippen LogP contribution in [0.15, 0.2) is 30.3 Å². The summed E-state index contributed by atoms with van der Waals surface area (Å²) in [4.78, 5) is 6.06. The molecule has 102 valence electrons. The van der Waals surface area contributed by atoms with E-state index in [2.05, 4.69) is 54.5 Å². The van der Waals surface area contributed by atoms with Gasteiger partial charge in [-0.1, -0.05) is 43.7 Å². The second-order valence-corrected chi connectivity index (χ2v) is 5.98. The molecule has 1 aromatic heterocycles. The minimum atomic E-state index is 0.946. The number of benzene rings is 1. The molecule has 1 heterocycles. The molecule has 0 spiro atoms. The van der Waals surface area contributed by atoms with Crippen LogP contribution in [0.3, 0.4) is 0 Å². The Morgan fingerprint density at radius 3 is 2.74 bits per heavy atom. The average Bonchev–Trinajstić information content (AvgIpc) is 2.76. The summed E-state index contributed by atoms with van der Waals surface area (Å²) in [5.41, 5.74) is 2.52. The Bertz CT molecular complexity index is 491. The van der Waals surface area contributed by atoms with Crippen LogP contribution < -0.4 is 5.32 Å². The summed E-state index contributed by atoms with van der Waals surface area (Å²) in [6.07, 6.45) is 3.43. The van der Waals surface area contributed by atoms with Crippen molar-refractivity contribution >= 4 is 11.3 Å². The summed E-state index contributed by atoms with van der Waals surface area (Å²) >= 11 is 1.84. The third-order valence-corrected chi connectivity index (χ3v) is 4.29. The van der Waals surface area contributed by atoms with Crippen LogP contribution in [-0.2, 0) is 13.0 Å². The lowest BCUT2D eigenvalue weighted by atomic mass is 10.2. The van der Waals surface area contributed by atoms with Crippen molar-refractivity contribution in [2.45, 2.75) is 39.7 Å². The molecule has 1 aromatic carbocycles. The first kappa shape index (κ1) is 14.2. The van der Waals surface area contributed by atoms with Gasteiger partial charge in [-0.2, -0.15) is 0 Å². The van der Waals surface area contributed by atoms with Crippen molar-refractivity contribution in [3.05, 3.63) is 51.5 Å². The number of thiazole rings is 1. The van der Waals surface area contributed by atoms with Gasteiger partial charge in [0.05, 0.1) is 10.7 Å². The summed E-state index contributed by atoms with van der Waals surface area (Å²) in [5.74, 6) is 0. The van der Waals surface area contributed by atoms with Crippen molar-refractivity contribution < 1.29 is 0 Å². The van der Waals surface area contributed by atoms with Gasteiger partial charge in [0.25, 0.3) is 0 Å². The highest BCUT2D eigenvalue weighted by molar-refractivity contribution is 7.11. The third kappa shape index (κ3) is 4.44. The van der Waals surface area contributed by atoms with E-state index >= 15 is 0 Å². The fourth-order valence-electron chi connectivity index (χ4n) is 2.00. The highest BCUT2D eigenvalue weighted by atomic mass is 32.1. The van der Waals surface area contributed by atoms with Gasteiger partial charge in [-0.25, -0.2) is 4.98 Å². The smallest absolute Gasteiger partial charge is 0.0975 e. The molecule has 2 aromatic rings. The lowest BCUT2D eigenvalue weighted by Gasteiger charge is -2.01. The molecule has 2 nitrogen and oxygen atoms in total. The van der Waals surface area contributed by atoms with Crippen LogP contribution in [0.25, 0.3) is 0 Å². The molecule has 1 N–H and O–H groups in total. The van der Waals surface area contributed by atoms with Gasteiger partial charge in [-0.3, -0.25) is 0 Å². The Morgan fingerprint density at radius 2 is 2.00 bits per heavy atom. The van der Waals surface area contributed by atoms with Crippen LogP contribution >= 0.6 is 11.3 Å². The molecule has 0 amide bonds. The molecule has 0 aliphatic carbocycles. The van der Waals surface area contributed by atoms with Crippen molar-refractivity contribution in [1.82, 2.24) is 10.3 Å². The molecule has 0 saturated heterocycles. The molecule has 0 saturated carbocycles. The van der Waals surface area contributed by atoms with E-state index in [1.807, 2.05) is 11.3 Å². The number of nitrogens with one attached hydrogen (secondary N) is 1. The van der Waals surface area contributed by atoms with Crippen LogP contribution in [0.5, 0.6) is 0 Å². The van der Waals surface area contributed by atoms with E-state index in [0.29, 0.717) is 0 Å². The normalized spacial score (nSPS) is 10.8. The summed E-state index contributed by atoms with van der Waals surface area (Å²) in [7, 11) is 0. The number of aryl methyl sites for hydroxylation is 1. The molecule has 19 heavy (non-hydrogen) atoms. The fourth-order valence-corrected chi connectivity index (χ4v) is 3.08. The maximum absolute atomic E-state index is 4.68. The predicted molar refractivity (Wildman–Crippen MR) is 82.7 cm³/mol. The highest BCUT2D eigenvalue weighted by Gasteiger charge is 2.07. The average molecular weight is 274 g/mol. The third-order valence-electron chi connectivity index (χ3n) is 3.13. The fraction of sp³-hybridized carbons (Fsp3) is 0.438. The summed E-state index contributed by atoms with van der Waals surface area (Å²) < 4.78 is 0. The van der Waals surface area contributed by atoms with Crippen molar-refractivity contribution in [2.24, 2.45) is 0 Å². The van der Waals surface area contributed by atoms with Crippen LogP contribution in [0.2, 0.25) is 0 Å². The number of aromatic nitrogens is 1. The van der Waals surface area contributed by atoms with Gasteiger partial charge < -0.3 is 5.32 Å². The summed E-state index contributed by atoms with van der Waals surface area (Å²) in [6, 6.07) is 10.6. The van der Waals surface area contributed by atoms with Crippen LogP contribution in [0.1, 0.15) is 40.9 Å². The van der Waals surface area contributed by atoms with Gasteiger partial charge in [0.1, 0.15) is 0 Å². The van der Waals surface area contributed by atoms with E-state index in [4.69, 9.17) is 0 Å². The van der Waals surface area contributed by atoms with Crippen LogP contribution in [0.4, 0.5) is 0 Å². The first-order valence-electron chi connectivity index (χ1n) is 6.99. The molecule has 0 fully saturated rings. The number of hydrogen-bond acceptors (Lipinski definition) is 3. The van der Waals surface area contributed by atoms with E-state index in [0.717, 1.165) is 19.5 Å². The molecule has 3 heteroatoms. The van der Waals surface area contributed by atoms with Gasteiger partial charge in [0.15, 0.2) is 0 Å². The zero-order chi connectivity index (χ0) is 13.5. The summed E-state index contributed by atoms with van der Waals surface area (Å²) in [6.45, 7) is 6.39. The Kier molecular flexibility index (Phi) is 5.55. The molecule has 0 bridgehead atoms. The lowest BCUT2D eigenvalue weighted by Crippen LogP contribution is -2.14. The zero-order valence-electron chi connectivity index (χ0n) is 11.8. The van der Waals surface area contributed by atoms with Crippen molar-refractivity contribution in [3.63, 3.8) is 0 Å². The maximum Gasteiger partial charge on any atom is 0.0975 e. The Labute approximate surface area is 119 Å². The monoisotopic (exact) mass is 274 g/mol. The number of nitrogens with zero attached hydrogens (tertiary/aromatic N) is 1. The van der Waals surface area contributed by atoms with E-state index in [-0.39, 0.29) is 0 Å². The van der Waals surface area contributed by atoms with Gasteiger partial charge in [-0.05, 0) is 25.5 Å². The SMILES string of the molecule is CCCCNCc1sc(Cc2ccccc2)nc1C. The molecule has 0 aliphatic rings. The van der Waals surface area contributed by atoms with Gasteiger partial charge in [0, 0.05) is 17.8 Å². The Balaban J connectivity index is 1.93. The van der Waals surface area contributed by atoms with E-state index in [1.54, 1.807) is 0 Å². The predicted octanol–water partition coefficient (Wildman–Crippen LogP) is 3.93. The lowest BCUT2D eigenvalue weighted by molar-refractivity contribution is 0.644.